The molecular formula is C21H24ClIN4O2. The lowest BCUT2D eigenvalue weighted by atomic mass is 10.1. The fourth-order valence-corrected chi connectivity index (χ4v) is 2.93. The van der Waals surface area contributed by atoms with Crippen molar-refractivity contribution in [1.82, 2.24) is 15.6 Å². The quantitative estimate of drug-likeness (QED) is 0.269. The fourth-order valence-electron chi connectivity index (χ4n) is 2.67. The molecule has 0 atom stereocenters. The monoisotopic (exact) mass is 526 g/mol. The van der Waals surface area contributed by atoms with Crippen molar-refractivity contribution < 1.29 is 9.15 Å². The lowest BCUT2D eigenvalue weighted by Crippen LogP contribution is -2.37. The summed E-state index contributed by atoms with van der Waals surface area (Å²) in [7, 11) is 3.36. The van der Waals surface area contributed by atoms with Crippen LogP contribution in [0.1, 0.15) is 11.3 Å². The molecule has 0 fully saturated rings. The van der Waals surface area contributed by atoms with Crippen molar-refractivity contribution >= 4 is 41.5 Å². The molecule has 6 nitrogen and oxygen atoms in total. The SMILES string of the molecule is CN=C(NCCc1ccc(OC)cc1Cl)NCc1coc(-c2ccccc2)n1.I. The Hall–Kier alpha value is -2.26. The average molecular weight is 527 g/mol. The second kappa shape index (κ2) is 11.7. The van der Waals surface area contributed by atoms with Crippen LogP contribution >= 0.6 is 35.6 Å². The number of aliphatic imine (C=N–C) groups is 1. The first kappa shape index (κ1) is 23.0. The summed E-state index contributed by atoms with van der Waals surface area (Å²) in [5.41, 5.74) is 2.81. The summed E-state index contributed by atoms with van der Waals surface area (Å²) >= 11 is 6.28. The molecule has 0 spiro atoms. The van der Waals surface area contributed by atoms with E-state index in [1.165, 1.54) is 0 Å². The molecule has 29 heavy (non-hydrogen) atoms. The zero-order valence-electron chi connectivity index (χ0n) is 16.3. The molecule has 1 aromatic heterocycles. The molecule has 154 valence electrons. The zero-order valence-corrected chi connectivity index (χ0v) is 19.4. The molecule has 1 heterocycles. The van der Waals surface area contributed by atoms with Crippen LogP contribution in [0, 0.1) is 0 Å². The third-order valence-corrected chi connectivity index (χ3v) is 4.53. The van der Waals surface area contributed by atoms with Crippen LogP contribution in [-0.4, -0.2) is 31.6 Å². The Morgan fingerprint density at radius 2 is 1.97 bits per heavy atom. The average Bonchev–Trinajstić information content (AvgIpc) is 3.21. The lowest BCUT2D eigenvalue weighted by Gasteiger charge is -2.12. The van der Waals surface area contributed by atoms with E-state index in [-0.39, 0.29) is 24.0 Å². The van der Waals surface area contributed by atoms with Crippen LogP contribution in [0.5, 0.6) is 5.75 Å². The molecule has 0 radical (unpaired) electrons. The Kier molecular flexibility index (Phi) is 9.27. The minimum Gasteiger partial charge on any atom is -0.497 e. The number of ether oxygens (including phenoxy) is 1. The van der Waals surface area contributed by atoms with Gasteiger partial charge in [-0.15, -0.1) is 24.0 Å². The zero-order chi connectivity index (χ0) is 19.8. The Balaban J connectivity index is 0.00000300. The van der Waals surface area contributed by atoms with Crippen LogP contribution in [0.3, 0.4) is 0 Å². The van der Waals surface area contributed by atoms with Gasteiger partial charge in [0.25, 0.3) is 0 Å². The van der Waals surface area contributed by atoms with Crippen LogP contribution in [-0.2, 0) is 13.0 Å². The molecule has 0 amide bonds. The van der Waals surface area contributed by atoms with Crippen LogP contribution in [0.4, 0.5) is 0 Å². The van der Waals surface area contributed by atoms with Crippen molar-refractivity contribution in [2.75, 3.05) is 20.7 Å². The first-order valence-corrected chi connectivity index (χ1v) is 9.34. The number of methoxy groups -OCH3 is 1. The minimum absolute atomic E-state index is 0. The Labute approximate surface area is 192 Å². The number of nitrogens with zero attached hydrogens (tertiary/aromatic N) is 2. The van der Waals surface area contributed by atoms with E-state index in [2.05, 4.69) is 20.6 Å². The number of hydrogen-bond acceptors (Lipinski definition) is 4. The molecule has 2 N–H and O–H groups in total. The number of rotatable bonds is 7. The van der Waals surface area contributed by atoms with Gasteiger partial charge in [0.2, 0.25) is 5.89 Å². The first-order chi connectivity index (χ1) is 13.7. The van der Waals surface area contributed by atoms with Gasteiger partial charge in [0, 0.05) is 24.2 Å². The maximum atomic E-state index is 6.28. The van der Waals surface area contributed by atoms with E-state index in [0.717, 1.165) is 29.0 Å². The molecule has 0 aliphatic heterocycles. The van der Waals surface area contributed by atoms with Crippen LogP contribution in [0.15, 0.2) is 64.2 Å². The summed E-state index contributed by atoms with van der Waals surface area (Å²) in [6.07, 6.45) is 2.42. The molecule has 0 aliphatic rings. The Morgan fingerprint density at radius 1 is 1.17 bits per heavy atom. The highest BCUT2D eigenvalue weighted by molar-refractivity contribution is 14.0. The summed E-state index contributed by atoms with van der Waals surface area (Å²) in [4.78, 5) is 8.73. The van der Waals surface area contributed by atoms with Crippen molar-refractivity contribution in [2.24, 2.45) is 4.99 Å². The van der Waals surface area contributed by atoms with Gasteiger partial charge >= 0.3 is 0 Å². The number of benzene rings is 2. The van der Waals surface area contributed by atoms with E-state index < -0.39 is 0 Å². The maximum absolute atomic E-state index is 6.28. The minimum atomic E-state index is 0. The van der Waals surface area contributed by atoms with Gasteiger partial charge in [0.05, 0.1) is 19.3 Å². The topological polar surface area (TPSA) is 71.7 Å². The number of aromatic nitrogens is 1. The van der Waals surface area contributed by atoms with E-state index in [1.54, 1.807) is 20.4 Å². The van der Waals surface area contributed by atoms with Gasteiger partial charge in [-0.1, -0.05) is 35.9 Å². The predicted molar refractivity (Wildman–Crippen MR) is 127 cm³/mol. The third kappa shape index (κ3) is 6.64. The molecular weight excluding hydrogens is 503 g/mol. The maximum Gasteiger partial charge on any atom is 0.226 e. The first-order valence-electron chi connectivity index (χ1n) is 8.96. The molecule has 2 aromatic carbocycles. The molecule has 0 saturated carbocycles. The summed E-state index contributed by atoms with van der Waals surface area (Å²) < 4.78 is 10.7. The lowest BCUT2D eigenvalue weighted by molar-refractivity contribution is 0.414. The number of nitrogens with one attached hydrogen (secondary N) is 2. The molecule has 8 heteroatoms. The molecule has 0 aliphatic carbocycles. The molecule has 3 aromatic rings. The molecule has 0 bridgehead atoms. The normalized spacial score (nSPS) is 10.9. The van der Waals surface area contributed by atoms with Crippen molar-refractivity contribution in [3.63, 3.8) is 0 Å². The van der Waals surface area contributed by atoms with Crippen molar-refractivity contribution in [1.29, 1.82) is 0 Å². The van der Waals surface area contributed by atoms with Gasteiger partial charge in [-0.2, -0.15) is 0 Å². The summed E-state index contributed by atoms with van der Waals surface area (Å²) in [6, 6.07) is 15.5. The van der Waals surface area contributed by atoms with E-state index in [0.29, 0.717) is 30.0 Å². The van der Waals surface area contributed by atoms with Crippen molar-refractivity contribution in [3.8, 4) is 17.2 Å². The summed E-state index contributed by atoms with van der Waals surface area (Å²) in [5, 5.41) is 7.20. The molecule has 0 unspecified atom stereocenters. The van der Waals surface area contributed by atoms with Gasteiger partial charge in [-0.05, 0) is 36.2 Å². The Bertz CT molecular complexity index is 931. The largest absolute Gasteiger partial charge is 0.497 e. The van der Waals surface area contributed by atoms with Gasteiger partial charge in [0.1, 0.15) is 12.0 Å². The van der Waals surface area contributed by atoms with Crippen LogP contribution in [0.25, 0.3) is 11.5 Å². The highest BCUT2D eigenvalue weighted by Crippen LogP contribution is 2.22. The molecule has 3 rings (SSSR count). The van der Waals surface area contributed by atoms with Gasteiger partial charge in [0.15, 0.2) is 5.96 Å². The second-order valence-electron chi connectivity index (χ2n) is 6.07. The van der Waals surface area contributed by atoms with E-state index in [4.69, 9.17) is 20.8 Å². The highest BCUT2D eigenvalue weighted by atomic mass is 127. The van der Waals surface area contributed by atoms with Gasteiger partial charge in [-0.25, -0.2) is 4.98 Å². The summed E-state index contributed by atoms with van der Waals surface area (Å²) in [5.74, 6) is 2.05. The number of hydrogen-bond donors (Lipinski definition) is 2. The van der Waals surface area contributed by atoms with E-state index in [1.807, 2.05) is 48.5 Å². The van der Waals surface area contributed by atoms with E-state index in [9.17, 15) is 0 Å². The van der Waals surface area contributed by atoms with Crippen LogP contribution < -0.4 is 15.4 Å². The predicted octanol–water partition coefficient (Wildman–Crippen LogP) is 4.53. The number of oxazole rings is 1. The smallest absolute Gasteiger partial charge is 0.226 e. The van der Waals surface area contributed by atoms with E-state index >= 15 is 0 Å². The number of halogens is 2. The standard InChI is InChI=1S/C21H23ClN4O2.HI/c1-23-21(24-11-10-15-8-9-18(27-2)12-19(15)22)25-13-17-14-28-20(26-17)16-6-4-3-5-7-16;/h3-9,12,14H,10-11,13H2,1-2H3,(H2,23,24,25);1H. The summed E-state index contributed by atoms with van der Waals surface area (Å²) in [6.45, 7) is 1.21. The van der Waals surface area contributed by atoms with Crippen LogP contribution in [0.2, 0.25) is 5.02 Å². The molecule has 0 saturated heterocycles. The second-order valence-corrected chi connectivity index (χ2v) is 6.48. The highest BCUT2D eigenvalue weighted by Gasteiger charge is 2.07. The van der Waals surface area contributed by atoms with Crippen molar-refractivity contribution in [2.45, 2.75) is 13.0 Å². The van der Waals surface area contributed by atoms with Crippen molar-refractivity contribution in [3.05, 3.63) is 71.1 Å². The number of guanidine groups is 1. The third-order valence-electron chi connectivity index (χ3n) is 4.18. The Morgan fingerprint density at radius 3 is 2.66 bits per heavy atom. The van der Waals surface area contributed by atoms with Gasteiger partial charge < -0.3 is 19.8 Å². The fraction of sp³-hybridized carbons (Fsp3) is 0.238. The van der Waals surface area contributed by atoms with Gasteiger partial charge in [-0.3, -0.25) is 4.99 Å².